The lowest BCUT2D eigenvalue weighted by Gasteiger charge is -2.15. The van der Waals surface area contributed by atoms with Crippen molar-refractivity contribution >= 4 is 98.0 Å². The van der Waals surface area contributed by atoms with E-state index in [1.807, 2.05) is 60.7 Å². The van der Waals surface area contributed by atoms with Crippen LogP contribution in [-0.2, 0) is 0 Å². The van der Waals surface area contributed by atoms with Gasteiger partial charge in [-0.05, 0) is 99.0 Å². The Morgan fingerprint density at radius 3 is 1.60 bits per heavy atom. The van der Waals surface area contributed by atoms with Crippen molar-refractivity contribution in [2.24, 2.45) is 0 Å². The summed E-state index contributed by atoms with van der Waals surface area (Å²) in [6.45, 7) is 0. The molecule has 0 aliphatic heterocycles. The number of hydrogen-bond acceptors (Lipinski definition) is 5. The first kappa shape index (κ1) is 34.1. The van der Waals surface area contributed by atoms with Crippen molar-refractivity contribution in [2.75, 3.05) is 0 Å². The Balaban J connectivity index is 1.13. The molecule has 6 heteroatoms. The second-order valence-corrected chi connectivity index (χ2v) is 16.4. The van der Waals surface area contributed by atoms with Crippen LogP contribution in [0.25, 0.3) is 138 Å². The number of fused-ring (bicyclic) bond motifs is 13. The summed E-state index contributed by atoms with van der Waals surface area (Å²) in [4.78, 5) is 15.9. The van der Waals surface area contributed by atoms with Gasteiger partial charge in [-0.1, -0.05) is 127 Å². The zero-order valence-corrected chi connectivity index (χ0v) is 33.6. The second-order valence-electron chi connectivity index (χ2n) is 16.4. The van der Waals surface area contributed by atoms with E-state index in [0.717, 1.165) is 98.8 Å². The predicted molar refractivity (Wildman–Crippen MR) is 258 cm³/mol. The van der Waals surface area contributed by atoms with Gasteiger partial charge in [0.1, 0.15) is 22.3 Å². The number of rotatable bonds is 4. The van der Waals surface area contributed by atoms with E-state index in [1.165, 1.54) is 21.5 Å². The molecule has 0 saturated carbocycles. The normalized spacial score (nSPS) is 12.1. The molecule has 10 aromatic carbocycles. The fraction of sp³-hybridized carbons (Fsp3) is 0. The lowest BCUT2D eigenvalue weighted by molar-refractivity contribution is 0.668. The van der Waals surface area contributed by atoms with Crippen LogP contribution in [0.1, 0.15) is 0 Å². The van der Waals surface area contributed by atoms with Gasteiger partial charge in [-0.15, -0.1) is 0 Å². The van der Waals surface area contributed by atoms with Crippen LogP contribution in [-0.4, -0.2) is 19.5 Å². The molecule has 14 rings (SSSR count). The Morgan fingerprint density at radius 2 is 0.873 bits per heavy atom. The van der Waals surface area contributed by atoms with Crippen LogP contribution in [0.2, 0.25) is 0 Å². The first-order valence-corrected chi connectivity index (χ1v) is 21.2. The highest BCUT2D eigenvalue weighted by Crippen LogP contribution is 2.44. The molecule has 0 aliphatic rings. The number of aromatic nitrogens is 4. The zero-order chi connectivity index (χ0) is 41.2. The smallest absolute Gasteiger partial charge is 0.166 e. The minimum absolute atomic E-state index is 0.537. The monoisotopic (exact) mass is 804 g/mol. The van der Waals surface area contributed by atoms with Crippen LogP contribution in [0.15, 0.2) is 203 Å². The summed E-state index contributed by atoms with van der Waals surface area (Å²) in [5, 5.41) is 13.5. The molecule has 0 unspecified atom stereocenters. The van der Waals surface area contributed by atoms with Crippen molar-refractivity contribution in [3.63, 3.8) is 0 Å². The van der Waals surface area contributed by atoms with Gasteiger partial charge in [-0.3, -0.25) is 0 Å². The van der Waals surface area contributed by atoms with Gasteiger partial charge < -0.3 is 13.4 Å². The molecular formula is C57H32N4O2. The minimum Gasteiger partial charge on any atom is -0.456 e. The largest absolute Gasteiger partial charge is 0.456 e. The third-order valence-electron chi connectivity index (χ3n) is 12.8. The van der Waals surface area contributed by atoms with Gasteiger partial charge in [0.2, 0.25) is 0 Å². The van der Waals surface area contributed by atoms with Crippen LogP contribution in [0, 0.1) is 0 Å². The van der Waals surface area contributed by atoms with Crippen molar-refractivity contribution in [1.29, 1.82) is 0 Å². The van der Waals surface area contributed by atoms with Crippen molar-refractivity contribution in [2.45, 2.75) is 0 Å². The number of para-hydroxylation sites is 1. The van der Waals surface area contributed by atoms with Gasteiger partial charge in [0, 0.05) is 49.0 Å². The lowest BCUT2D eigenvalue weighted by Crippen LogP contribution is -2.04. The molecule has 0 aliphatic carbocycles. The van der Waals surface area contributed by atoms with Gasteiger partial charge >= 0.3 is 0 Å². The summed E-state index contributed by atoms with van der Waals surface area (Å²) in [5.74, 6) is 1.68. The highest BCUT2D eigenvalue weighted by Gasteiger charge is 2.24. The summed E-state index contributed by atoms with van der Waals surface area (Å²) in [5.41, 5.74) is 8.94. The van der Waals surface area contributed by atoms with Crippen LogP contribution in [0.4, 0.5) is 0 Å². The van der Waals surface area contributed by atoms with E-state index in [0.29, 0.717) is 17.5 Å². The third kappa shape index (κ3) is 5.15. The van der Waals surface area contributed by atoms with E-state index in [-0.39, 0.29) is 0 Å². The van der Waals surface area contributed by atoms with Crippen molar-refractivity contribution < 1.29 is 8.83 Å². The fourth-order valence-electron chi connectivity index (χ4n) is 9.80. The maximum atomic E-state index is 6.80. The third-order valence-corrected chi connectivity index (χ3v) is 12.8. The van der Waals surface area contributed by atoms with Crippen LogP contribution in [0.5, 0.6) is 0 Å². The maximum absolute atomic E-state index is 6.80. The Kier molecular flexibility index (Phi) is 7.02. The van der Waals surface area contributed by atoms with Gasteiger partial charge in [0.25, 0.3) is 0 Å². The molecule has 0 N–H and O–H groups in total. The topological polar surface area (TPSA) is 69.9 Å². The molecule has 6 nitrogen and oxygen atoms in total. The van der Waals surface area contributed by atoms with Crippen LogP contribution < -0.4 is 0 Å². The summed E-state index contributed by atoms with van der Waals surface area (Å²) in [7, 11) is 0. The highest BCUT2D eigenvalue weighted by atomic mass is 16.3. The lowest BCUT2D eigenvalue weighted by atomic mass is 10.0. The van der Waals surface area contributed by atoms with E-state index >= 15 is 0 Å². The molecule has 4 aromatic heterocycles. The maximum Gasteiger partial charge on any atom is 0.166 e. The van der Waals surface area contributed by atoms with Gasteiger partial charge in [0.05, 0.1) is 16.7 Å². The van der Waals surface area contributed by atoms with Crippen molar-refractivity contribution in [1.82, 2.24) is 19.5 Å². The number of furan rings is 2. The van der Waals surface area contributed by atoms with E-state index in [9.17, 15) is 0 Å². The molecule has 14 aromatic rings. The Morgan fingerprint density at radius 1 is 0.317 bits per heavy atom. The fourth-order valence-corrected chi connectivity index (χ4v) is 9.80. The molecule has 0 fully saturated rings. The molecule has 0 saturated heterocycles. The van der Waals surface area contributed by atoms with E-state index in [4.69, 9.17) is 23.8 Å². The van der Waals surface area contributed by atoms with Gasteiger partial charge in [-0.25, -0.2) is 15.0 Å². The molecule has 0 radical (unpaired) electrons. The van der Waals surface area contributed by atoms with Crippen molar-refractivity contribution in [3.05, 3.63) is 194 Å². The molecule has 0 amide bonds. The number of hydrogen-bond donors (Lipinski definition) is 0. The standard InChI is InChI=1S/C57H32N4O2/c1-2-13-34(14-3-1)55-58-56(39-23-24-51-44(28-39)41-20-10-11-21-50(41)62-51)60-57(59-55)45-32-53-46(54-40-19-9-8-12-33(40)22-25-52(54)63-53)31-49(45)61-47-29-37-17-6-4-15-35(37)26-42(47)43-27-36-16-5-7-18-38(36)30-48(43)61/h1-32H. The predicted octanol–water partition coefficient (Wildman–Crippen LogP) is 15.2. The summed E-state index contributed by atoms with van der Waals surface area (Å²) < 4.78 is 15.5. The SMILES string of the molecule is c1ccc(-c2nc(-c3ccc4oc5ccccc5c4c3)nc(-c3cc4oc5ccc6ccccc6c5c4cc3-n3c4cc5ccccc5cc4c4cc5ccccc5cc43)n2)cc1. The number of nitrogens with zero attached hydrogens (tertiary/aromatic N) is 4. The highest BCUT2D eigenvalue weighted by molar-refractivity contribution is 6.21. The second kappa shape index (κ2) is 12.9. The Hall–Kier alpha value is -8.61. The summed E-state index contributed by atoms with van der Waals surface area (Å²) >= 11 is 0. The molecule has 0 atom stereocenters. The van der Waals surface area contributed by atoms with Crippen LogP contribution >= 0.6 is 0 Å². The van der Waals surface area contributed by atoms with Crippen molar-refractivity contribution in [3.8, 4) is 39.9 Å². The minimum atomic E-state index is 0.537. The summed E-state index contributed by atoms with van der Waals surface area (Å²) in [6, 6.07) is 68.2. The van der Waals surface area contributed by atoms with E-state index in [1.54, 1.807) is 0 Å². The van der Waals surface area contributed by atoms with Crippen LogP contribution in [0.3, 0.4) is 0 Å². The first-order valence-electron chi connectivity index (χ1n) is 21.2. The molecule has 0 spiro atoms. The van der Waals surface area contributed by atoms with Gasteiger partial charge in [0.15, 0.2) is 17.5 Å². The average molecular weight is 805 g/mol. The van der Waals surface area contributed by atoms with E-state index < -0.39 is 0 Å². The Labute approximate surface area is 358 Å². The molecule has 4 heterocycles. The molecule has 0 bridgehead atoms. The molecule has 292 valence electrons. The van der Waals surface area contributed by atoms with E-state index in [2.05, 4.69) is 138 Å². The molecule has 63 heavy (non-hydrogen) atoms. The van der Waals surface area contributed by atoms with Gasteiger partial charge in [-0.2, -0.15) is 0 Å². The Bertz CT molecular complexity index is 4120. The summed E-state index contributed by atoms with van der Waals surface area (Å²) in [6.07, 6.45) is 0. The average Bonchev–Trinajstić information content (AvgIpc) is 4.00. The number of benzene rings is 10. The first-order chi connectivity index (χ1) is 31.2. The molecular weight excluding hydrogens is 773 g/mol. The quantitative estimate of drug-likeness (QED) is 0.177. The zero-order valence-electron chi connectivity index (χ0n) is 33.6.